The molecule has 4 nitrogen and oxygen atoms in total. The monoisotopic (exact) mass is 365 g/mol. The number of hydrogen-bond acceptors (Lipinski definition) is 2. The normalized spacial score (nSPS) is 13.6. The van der Waals surface area contributed by atoms with E-state index < -0.39 is 5.97 Å². The third kappa shape index (κ3) is 4.97. The van der Waals surface area contributed by atoms with Crippen LogP contribution < -0.4 is 0 Å². The average Bonchev–Trinajstić information content (AvgIpc) is 3.49. The van der Waals surface area contributed by atoms with Crippen LogP contribution in [0.3, 0.4) is 0 Å². The van der Waals surface area contributed by atoms with Gasteiger partial charge in [-0.1, -0.05) is 56.3 Å². The fraction of sp³-hybridized carbons (Fsp3) is 0.391. The maximum atomic E-state index is 12.8. The number of carboxylic acid groups (broad SMARTS) is 1. The predicted molar refractivity (Wildman–Crippen MR) is 106 cm³/mol. The van der Waals surface area contributed by atoms with E-state index in [1.807, 2.05) is 11.0 Å². The number of aromatic carboxylic acids is 1. The third-order valence-electron chi connectivity index (χ3n) is 5.16. The van der Waals surface area contributed by atoms with Crippen molar-refractivity contribution in [2.45, 2.75) is 58.0 Å². The quantitative estimate of drug-likeness (QED) is 0.742. The second kappa shape index (κ2) is 8.38. The highest BCUT2D eigenvalue weighted by atomic mass is 16.4. The van der Waals surface area contributed by atoms with Crippen LogP contribution in [0.25, 0.3) is 0 Å². The lowest BCUT2D eigenvalue weighted by Crippen LogP contribution is -2.32. The largest absolute Gasteiger partial charge is 0.478 e. The minimum absolute atomic E-state index is 0.102. The fourth-order valence-electron chi connectivity index (χ4n) is 3.34. The molecule has 0 aromatic heterocycles. The van der Waals surface area contributed by atoms with Crippen molar-refractivity contribution in [2.24, 2.45) is 0 Å². The van der Waals surface area contributed by atoms with Crippen LogP contribution in [0, 0.1) is 0 Å². The smallest absolute Gasteiger partial charge is 0.335 e. The summed E-state index contributed by atoms with van der Waals surface area (Å²) in [5.41, 5.74) is 3.45. The fourth-order valence-corrected chi connectivity index (χ4v) is 3.34. The molecule has 0 saturated heterocycles. The predicted octanol–water partition coefficient (Wildman–Crippen LogP) is 4.63. The van der Waals surface area contributed by atoms with Crippen molar-refractivity contribution in [2.75, 3.05) is 0 Å². The summed E-state index contributed by atoms with van der Waals surface area (Å²) in [7, 11) is 0. The Bertz CT molecular complexity index is 807. The van der Waals surface area contributed by atoms with Crippen molar-refractivity contribution in [1.82, 2.24) is 4.90 Å². The summed E-state index contributed by atoms with van der Waals surface area (Å²) in [5.74, 6) is -0.345. The molecular formula is C23H27NO3. The van der Waals surface area contributed by atoms with Gasteiger partial charge in [-0.3, -0.25) is 4.79 Å². The molecule has 2 aromatic rings. The van der Waals surface area contributed by atoms with Crippen LogP contribution in [0.4, 0.5) is 0 Å². The van der Waals surface area contributed by atoms with Crippen LogP contribution in [0.15, 0.2) is 48.5 Å². The first-order valence-electron chi connectivity index (χ1n) is 9.65. The topological polar surface area (TPSA) is 57.6 Å². The molecule has 0 aliphatic heterocycles. The standard InChI is InChI=1S/C23H27NO3/c1-16(2)18-9-7-17(8-10-18)15-24(20-12-13-20)22(25)14-11-19-5-3-4-6-21(19)23(26)27/h3-10,16,20H,11-15H2,1-2H3,(H,26,27). The Morgan fingerprint density at radius 2 is 1.74 bits per heavy atom. The van der Waals surface area contributed by atoms with Gasteiger partial charge in [0.15, 0.2) is 0 Å². The highest BCUT2D eigenvalue weighted by molar-refractivity contribution is 5.89. The maximum Gasteiger partial charge on any atom is 0.335 e. The van der Waals surface area contributed by atoms with Gasteiger partial charge in [0.05, 0.1) is 5.56 Å². The summed E-state index contributed by atoms with van der Waals surface area (Å²) in [6, 6.07) is 15.7. The molecular weight excluding hydrogens is 338 g/mol. The van der Waals surface area contributed by atoms with Crippen molar-refractivity contribution in [3.63, 3.8) is 0 Å². The summed E-state index contributed by atoms with van der Waals surface area (Å²) >= 11 is 0. The first-order chi connectivity index (χ1) is 13.0. The molecule has 2 aromatic carbocycles. The maximum absolute atomic E-state index is 12.8. The van der Waals surface area contributed by atoms with Crippen LogP contribution in [0.2, 0.25) is 0 Å². The highest BCUT2D eigenvalue weighted by Crippen LogP contribution is 2.29. The molecule has 1 N–H and O–H groups in total. The zero-order valence-corrected chi connectivity index (χ0v) is 16.0. The molecule has 0 unspecified atom stereocenters. The van der Waals surface area contributed by atoms with Gasteiger partial charge in [-0.05, 0) is 47.9 Å². The lowest BCUT2D eigenvalue weighted by Gasteiger charge is -2.23. The first kappa shape index (κ1) is 19.2. The zero-order valence-electron chi connectivity index (χ0n) is 16.0. The Balaban J connectivity index is 1.65. The summed E-state index contributed by atoms with van der Waals surface area (Å²) in [5, 5.41) is 9.30. The van der Waals surface area contributed by atoms with Gasteiger partial charge in [0.25, 0.3) is 0 Å². The first-order valence-corrected chi connectivity index (χ1v) is 9.65. The molecule has 27 heavy (non-hydrogen) atoms. The summed E-state index contributed by atoms with van der Waals surface area (Å²) < 4.78 is 0. The molecule has 3 rings (SSSR count). The van der Waals surface area contributed by atoms with Crippen molar-refractivity contribution in [1.29, 1.82) is 0 Å². The molecule has 1 fully saturated rings. The lowest BCUT2D eigenvalue weighted by atomic mass is 10.0. The van der Waals surface area contributed by atoms with E-state index in [1.54, 1.807) is 18.2 Å². The average molecular weight is 365 g/mol. The Labute approximate surface area is 160 Å². The van der Waals surface area contributed by atoms with E-state index in [4.69, 9.17) is 0 Å². The minimum atomic E-state index is -0.942. The number of benzene rings is 2. The Morgan fingerprint density at radius 1 is 1.07 bits per heavy atom. The van der Waals surface area contributed by atoms with Crippen LogP contribution in [0.5, 0.6) is 0 Å². The zero-order chi connectivity index (χ0) is 19.4. The number of nitrogens with zero attached hydrogens (tertiary/aromatic N) is 1. The molecule has 0 radical (unpaired) electrons. The van der Waals surface area contributed by atoms with E-state index in [0.29, 0.717) is 31.3 Å². The van der Waals surface area contributed by atoms with E-state index in [9.17, 15) is 14.7 Å². The van der Waals surface area contributed by atoms with E-state index in [1.165, 1.54) is 5.56 Å². The van der Waals surface area contributed by atoms with Gasteiger partial charge in [0.2, 0.25) is 5.91 Å². The van der Waals surface area contributed by atoms with Crippen LogP contribution in [0.1, 0.15) is 66.1 Å². The SMILES string of the molecule is CC(C)c1ccc(CN(C(=O)CCc2ccccc2C(=O)O)C2CC2)cc1. The number of carboxylic acids is 1. The molecule has 1 saturated carbocycles. The van der Waals surface area contributed by atoms with Crippen molar-refractivity contribution in [3.8, 4) is 0 Å². The summed E-state index contributed by atoms with van der Waals surface area (Å²) in [6.45, 7) is 4.97. The van der Waals surface area contributed by atoms with Crippen LogP contribution in [-0.4, -0.2) is 27.9 Å². The van der Waals surface area contributed by atoms with Gasteiger partial charge in [0, 0.05) is 19.0 Å². The Kier molecular flexibility index (Phi) is 5.94. The number of rotatable bonds is 8. The molecule has 1 aliphatic rings. The van der Waals surface area contributed by atoms with E-state index in [-0.39, 0.29) is 11.5 Å². The molecule has 0 bridgehead atoms. The van der Waals surface area contributed by atoms with Crippen molar-refractivity contribution >= 4 is 11.9 Å². The number of amides is 1. The minimum Gasteiger partial charge on any atom is -0.478 e. The lowest BCUT2D eigenvalue weighted by molar-refractivity contribution is -0.132. The number of carbonyl (C=O) groups excluding carboxylic acids is 1. The second-order valence-corrected chi connectivity index (χ2v) is 7.61. The Morgan fingerprint density at radius 3 is 2.33 bits per heavy atom. The molecule has 142 valence electrons. The molecule has 1 amide bonds. The highest BCUT2D eigenvalue weighted by Gasteiger charge is 2.32. The number of aryl methyl sites for hydroxylation is 1. The van der Waals surface area contributed by atoms with Crippen molar-refractivity contribution < 1.29 is 14.7 Å². The molecule has 1 aliphatic carbocycles. The van der Waals surface area contributed by atoms with Gasteiger partial charge in [-0.25, -0.2) is 4.79 Å². The van der Waals surface area contributed by atoms with E-state index >= 15 is 0 Å². The van der Waals surface area contributed by atoms with E-state index in [0.717, 1.165) is 24.0 Å². The Hall–Kier alpha value is -2.62. The van der Waals surface area contributed by atoms with Crippen molar-refractivity contribution in [3.05, 3.63) is 70.8 Å². The van der Waals surface area contributed by atoms with Gasteiger partial charge in [-0.2, -0.15) is 0 Å². The van der Waals surface area contributed by atoms with Gasteiger partial charge in [-0.15, -0.1) is 0 Å². The van der Waals surface area contributed by atoms with Crippen LogP contribution >= 0.6 is 0 Å². The molecule has 0 atom stereocenters. The summed E-state index contributed by atoms with van der Waals surface area (Å²) in [4.78, 5) is 26.1. The van der Waals surface area contributed by atoms with Gasteiger partial charge < -0.3 is 10.0 Å². The number of hydrogen-bond donors (Lipinski definition) is 1. The molecule has 0 spiro atoms. The summed E-state index contributed by atoms with van der Waals surface area (Å²) in [6.07, 6.45) is 2.91. The van der Waals surface area contributed by atoms with E-state index in [2.05, 4.69) is 38.1 Å². The van der Waals surface area contributed by atoms with Crippen LogP contribution in [-0.2, 0) is 17.8 Å². The van der Waals surface area contributed by atoms with Gasteiger partial charge >= 0.3 is 5.97 Å². The van der Waals surface area contributed by atoms with Gasteiger partial charge in [0.1, 0.15) is 0 Å². The molecule has 4 heteroatoms. The number of carbonyl (C=O) groups is 2. The third-order valence-corrected chi connectivity index (χ3v) is 5.16. The second-order valence-electron chi connectivity index (χ2n) is 7.61. The molecule has 0 heterocycles.